The average molecular weight is 1070 g/mol. The van der Waals surface area contributed by atoms with Crippen molar-refractivity contribution in [3.8, 4) is 11.1 Å². The molecule has 23 heteroatoms. The van der Waals surface area contributed by atoms with E-state index in [4.69, 9.17) is 18.0 Å². The Bertz CT molecular complexity index is 4820. The van der Waals surface area contributed by atoms with Crippen molar-refractivity contribution in [3.05, 3.63) is 192 Å². The number of ether oxygens (including phenoxy) is 1. The quantitative estimate of drug-likeness (QED) is 0.0905. The van der Waals surface area contributed by atoms with Crippen molar-refractivity contribution >= 4 is 106 Å². The van der Waals surface area contributed by atoms with Gasteiger partial charge < -0.3 is 47.0 Å². The topological polar surface area (TPSA) is 233 Å². The molecular formula is C54H36ClF4N9O9. The van der Waals surface area contributed by atoms with Crippen molar-refractivity contribution in [1.82, 2.24) is 43.9 Å². The molecular weight excluding hydrogens is 1030 g/mol. The van der Waals surface area contributed by atoms with Crippen LogP contribution in [-0.4, -0.2) is 77.2 Å². The molecule has 3 N–H and O–H groups in total. The minimum Gasteiger partial charge on any atom is -0.463 e. The summed E-state index contributed by atoms with van der Waals surface area (Å²) in [5.41, 5.74) is -0.437. The van der Waals surface area contributed by atoms with Gasteiger partial charge >= 0.3 is 11.6 Å². The third-order valence-corrected chi connectivity index (χ3v) is 13.2. The number of aromatic amines is 3. The molecule has 0 atom stereocenters. The van der Waals surface area contributed by atoms with E-state index >= 15 is 17.6 Å². The molecule has 77 heavy (non-hydrogen) atoms. The van der Waals surface area contributed by atoms with Gasteiger partial charge in [-0.05, 0) is 74.8 Å². The Balaban J connectivity index is 0.000000163. The summed E-state index contributed by atoms with van der Waals surface area (Å²) in [4.78, 5) is 86.2. The smallest absolute Gasteiger partial charge is 0.362 e. The van der Waals surface area contributed by atoms with Gasteiger partial charge in [0.15, 0.2) is 0 Å². The van der Waals surface area contributed by atoms with E-state index in [2.05, 4.69) is 29.9 Å². The Labute approximate surface area is 432 Å². The monoisotopic (exact) mass is 1070 g/mol. The molecule has 9 heterocycles. The number of carbonyl (C=O) groups is 1. The lowest BCUT2D eigenvalue weighted by Gasteiger charge is -2.14. The molecule has 18 nitrogen and oxygen atoms in total. The molecule has 4 aromatic carbocycles. The zero-order valence-corrected chi connectivity index (χ0v) is 40.8. The van der Waals surface area contributed by atoms with Crippen molar-refractivity contribution in [1.29, 1.82) is 0 Å². The van der Waals surface area contributed by atoms with E-state index in [1.54, 1.807) is 18.2 Å². The zero-order valence-electron chi connectivity index (χ0n) is 40.0. The van der Waals surface area contributed by atoms with E-state index < -0.39 is 51.5 Å². The number of pyridine rings is 2. The van der Waals surface area contributed by atoms with Crippen molar-refractivity contribution in [2.24, 2.45) is 0 Å². The summed E-state index contributed by atoms with van der Waals surface area (Å²) in [5.74, 6) is -3.32. The van der Waals surface area contributed by atoms with Crippen LogP contribution in [0.1, 0.15) is 21.6 Å². The number of esters is 1. The van der Waals surface area contributed by atoms with Gasteiger partial charge in [-0.15, -0.1) is 12.4 Å². The van der Waals surface area contributed by atoms with Gasteiger partial charge in [0.25, 0.3) is 16.7 Å². The lowest BCUT2D eigenvalue weighted by atomic mass is 10.0. The number of fused-ring (bicyclic) bond motifs is 12. The molecule has 0 amide bonds. The molecule has 0 saturated carbocycles. The molecule has 13 rings (SSSR count). The van der Waals surface area contributed by atoms with Crippen LogP contribution in [0.4, 0.5) is 17.6 Å². The number of carbonyl (C=O) groups excluding carboxylic acids is 1. The van der Waals surface area contributed by atoms with Gasteiger partial charge in [-0.1, -0.05) is 0 Å². The highest BCUT2D eigenvalue weighted by atomic mass is 35.5. The fourth-order valence-electron chi connectivity index (χ4n) is 9.75. The maximum Gasteiger partial charge on any atom is 0.362 e. The summed E-state index contributed by atoms with van der Waals surface area (Å²) in [6.07, 6.45) is 7.97. The molecule has 386 valence electrons. The second-order valence-corrected chi connectivity index (χ2v) is 17.9. The van der Waals surface area contributed by atoms with Gasteiger partial charge in [0.2, 0.25) is 5.71 Å². The molecule has 0 fully saturated rings. The van der Waals surface area contributed by atoms with Gasteiger partial charge in [-0.2, -0.15) is 0 Å². The lowest BCUT2D eigenvalue weighted by Crippen LogP contribution is -2.22. The Hall–Kier alpha value is -9.67. The van der Waals surface area contributed by atoms with Gasteiger partial charge in [0.05, 0.1) is 98.2 Å². The fourth-order valence-corrected chi connectivity index (χ4v) is 9.75. The van der Waals surface area contributed by atoms with Gasteiger partial charge in [-0.3, -0.25) is 14.4 Å². The number of hydrogen-bond acceptors (Lipinski definition) is 13. The van der Waals surface area contributed by atoms with Crippen LogP contribution in [-0.2, 0) is 17.8 Å². The maximum absolute atomic E-state index is 15.4. The first-order valence-corrected chi connectivity index (χ1v) is 23.2. The van der Waals surface area contributed by atoms with Crippen molar-refractivity contribution in [3.63, 3.8) is 0 Å². The predicted molar refractivity (Wildman–Crippen MR) is 280 cm³/mol. The summed E-state index contributed by atoms with van der Waals surface area (Å²) in [6, 6.07) is 16.9. The molecule has 0 saturated heterocycles. The number of H-pyrrole nitrogens is 3. The summed E-state index contributed by atoms with van der Waals surface area (Å²) >= 11 is 0. The van der Waals surface area contributed by atoms with E-state index in [0.717, 1.165) is 12.1 Å². The fraction of sp³-hybridized carbons (Fsp3) is 0.111. The summed E-state index contributed by atoms with van der Waals surface area (Å²) in [5, 5.41) is 2.45. The normalized spacial score (nSPS) is 11.7. The molecule has 13 aromatic rings. The number of nitrogens with one attached hydrogen (secondary N) is 3. The molecule has 9 aromatic heterocycles. The highest BCUT2D eigenvalue weighted by molar-refractivity contribution is 6.25. The van der Waals surface area contributed by atoms with Crippen LogP contribution in [0.15, 0.2) is 143 Å². The number of furan rings is 2. The van der Waals surface area contributed by atoms with Gasteiger partial charge in [0.1, 0.15) is 52.3 Å². The number of halogens is 5. The number of rotatable bonds is 9. The van der Waals surface area contributed by atoms with E-state index in [0.29, 0.717) is 28.2 Å². The predicted octanol–water partition coefficient (Wildman–Crippen LogP) is 9.05. The van der Waals surface area contributed by atoms with Crippen LogP contribution in [0.3, 0.4) is 0 Å². The van der Waals surface area contributed by atoms with Crippen molar-refractivity contribution < 1.29 is 40.3 Å². The van der Waals surface area contributed by atoms with Crippen molar-refractivity contribution in [2.75, 3.05) is 27.2 Å². The number of nitrogens with zero attached hydrogens (tertiary/aromatic N) is 6. The largest absolute Gasteiger partial charge is 0.463 e. The highest BCUT2D eigenvalue weighted by Gasteiger charge is 2.31. The number of likely N-dealkylation sites (N-methyl/N-ethyl adjacent to an activating group) is 1. The Morgan fingerprint density at radius 1 is 0.649 bits per heavy atom. The Kier molecular flexibility index (Phi) is 12.4. The maximum atomic E-state index is 15.4. The van der Waals surface area contributed by atoms with Crippen LogP contribution in [0.2, 0.25) is 0 Å². The minimum absolute atomic E-state index is 0. The van der Waals surface area contributed by atoms with E-state index in [1.807, 2.05) is 19.0 Å². The van der Waals surface area contributed by atoms with E-state index in [1.165, 1.54) is 89.2 Å². The third-order valence-electron chi connectivity index (χ3n) is 13.2. The first kappa shape index (κ1) is 49.5. The summed E-state index contributed by atoms with van der Waals surface area (Å²) < 4.78 is 86.1. The molecule has 0 radical (unpaired) electrons. The molecule has 0 bridgehead atoms. The molecule has 0 unspecified atom stereocenters. The molecule has 0 aliphatic heterocycles. The van der Waals surface area contributed by atoms with Crippen LogP contribution < -0.4 is 22.3 Å². The molecule has 0 aliphatic carbocycles. The lowest BCUT2D eigenvalue weighted by molar-refractivity contribution is 0.0471. The second-order valence-electron chi connectivity index (χ2n) is 17.9. The number of aromatic nitrogens is 8. The average Bonchev–Trinajstić information content (AvgIpc) is 4.33. The molecule has 0 spiro atoms. The Morgan fingerprint density at radius 3 is 1.86 bits per heavy atom. The summed E-state index contributed by atoms with van der Waals surface area (Å²) in [6.45, 7) is -0.0490. The standard InChI is InChI=1S/C29H23F2N5O5.C25H12F2N4O4.ClH/c1-35(2)7-9-41-29(39)25-23(17-4-3-6-32-27(17)37)24-22(12-20(31)16-5-8-40-26(16)24)36(25)13-15-10-18-21(11-19(15)30)33-14-34-28(18)38;26-15-7-17-14(23(32)30-10-29-17)6-11(15)9-31-18-8-16(27)12-3-5-34-22(12)20(18)19-13-2-1-4-28-24(13)35-25(33)21(19)31;/h3-6,8,10-12,14H,7,9,13H2,1-2H3,(H,32,37)(H,33,34,38);1-8,10H,9H2,(H,29,30,32);1H. The Morgan fingerprint density at radius 2 is 1.25 bits per heavy atom. The first-order valence-electron chi connectivity index (χ1n) is 23.2. The van der Waals surface area contributed by atoms with Crippen LogP contribution in [0.5, 0.6) is 0 Å². The molecule has 0 aliphatic rings. The van der Waals surface area contributed by atoms with Gasteiger partial charge in [-0.25, -0.2) is 42.1 Å². The van der Waals surface area contributed by atoms with E-state index in [9.17, 15) is 24.0 Å². The SMILES string of the molecule is CN(C)CCOC(=O)c1c(-c2ccc[nH]c2=O)c2c3occc3c(F)cc2n1Cc1cc2c(=O)[nH]cnc2cc1F.Cl.O=c1[nH]cnc2cc(F)c(Cn3c4cc(F)c5ccoc5c4c4c5cccnc5oc(=O)c43)cc12. The van der Waals surface area contributed by atoms with Crippen LogP contribution in [0, 0.1) is 23.3 Å². The van der Waals surface area contributed by atoms with E-state index in [-0.39, 0.29) is 126 Å². The van der Waals surface area contributed by atoms with Crippen LogP contribution in [0.25, 0.3) is 98.7 Å². The minimum atomic E-state index is -0.804. The number of hydrogen-bond donors (Lipinski definition) is 3. The van der Waals surface area contributed by atoms with Crippen molar-refractivity contribution in [2.45, 2.75) is 13.1 Å². The summed E-state index contributed by atoms with van der Waals surface area (Å²) in [7, 11) is 3.63. The number of benzene rings is 4. The first-order chi connectivity index (χ1) is 36.7. The van der Waals surface area contributed by atoms with Gasteiger partial charge in [0, 0.05) is 58.5 Å². The third kappa shape index (κ3) is 8.26. The zero-order chi connectivity index (χ0) is 52.7. The highest BCUT2D eigenvalue weighted by Crippen LogP contribution is 2.42. The second kappa shape index (κ2) is 19.2. The van der Waals surface area contributed by atoms with Crippen LogP contribution >= 0.6 is 12.4 Å².